The molecule has 2 fully saturated rings. The number of hydrogen-bond acceptors (Lipinski definition) is 8. The number of carbonyl (C=O) groups excluding carboxylic acids is 2. The van der Waals surface area contributed by atoms with Gasteiger partial charge >= 0.3 is 0 Å². The first-order valence-corrected chi connectivity index (χ1v) is 12.7. The summed E-state index contributed by atoms with van der Waals surface area (Å²) >= 11 is 0. The molecule has 2 amide bonds. The van der Waals surface area contributed by atoms with Gasteiger partial charge in [-0.2, -0.15) is 0 Å². The molecule has 0 aliphatic carbocycles. The SMILES string of the molecule is CCOc1ccc(CCC[C@@H](C(=O)N2CCN(CCN3CCOCC3)CC2)[C@H](O)C(=O)NO)cc1. The average Bonchev–Trinajstić information content (AvgIpc) is 2.90. The van der Waals surface area contributed by atoms with Crippen LogP contribution in [0.4, 0.5) is 0 Å². The molecule has 196 valence electrons. The molecule has 2 aliphatic rings. The second-order valence-corrected chi connectivity index (χ2v) is 9.12. The number of hydroxylamine groups is 1. The third-order valence-corrected chi connectivity index (χ3v) is 6.81. The van der Waals surface area contributed by atoms with Crippen LogP contribution in [-0.4, -0.2) is 115 Å². The lowest BCUT2D eigenvalue weighted by molar-refractivity contribution is -0.151. The van der Waals surface area contributed by atoms with Gasteiger partial charge in [-0.3, -0.25) is 24.6 Å². The number of aliphatic hydroxyl groups excluding tert-OH is 1. The van der Waals surface area contributed by atoms with Gasteiger partial charge in [0.2, 0.25) is 5.91 Å². The molecule has 3 N–H and O–H groups in total. The predicted octanol–water partition coefficient (Wildman–Crippen LogP) is 0.367. The number of aliphatic hydroxyl groups is 1. The molecule has 0 bridgehead atoms. The van der Waals surface area contributed by atoms with Crippen molar-refractivity contribution < 1.29 is 29.4 Å². The van der Waals surface area contributed by atoms with E-state index >= 15 is 0 Å². The minimum absolute atomic E-state index is 0.236. The Balaban J connectivity index is 1.49. The summed E-state index contributed by atoms with van der Waals surface area (Å²) < 4.78 is 10.9. The zero-order chi connectivity index (χ0) is 25.0. The van der Waals surface area contributed by atoms with E-state index in [0.29, 0.717) is 39.0 Å². The van der Waals surface area contributed by atoms with Crippen LogP contribution in [0.15, 0.2) is 24.3 Å². The molecule has 2 atom stereocenters. The van der Waals surface area contributed by atoms with Crippen LogP contribution >= 0.6 is 0 Å². The lowest BCUT2D eigenvalue weighted by atomic mass is 9.92. The summed E-state index contributed by atoms with van der Waals surface area (Å²) in [6, 6.07) is 7.78. The van der Waals surface area contributed by atoms with Crippen molar-refractivity contribution >= 4 is 11.8 Å². The lowest BCUT2D eigenvalue weighted by Crippen LogP contribution is -2.54. The predicted molar refractivity (Wildman–Crippen MR) is 130 cm³/mol. The van der Waals surface area contributed by atoms with Crippen LogP contribution in [0.3, 0.4) is 0 Å². The van der Waals surface area contributed by atoms with Gasteiger partial charge in [0.1, 0.15) is 11.9 Å². The second kappa shape index (κ2) is 14.4. The van der Waals surface area contributed by atoms with Crippen LogP contribution in [0.2, 0.25) is 0 Å². The van der Waals surface area contributed by atoms with Crippen LogP contribution in [0.25, 0.3) is 0 Å². The van der Waals surface area contributed by atoms with E-state index in [0.717, 1.165) is 63.8 Å². The van der Waals surface area contributed by atoms with Crippen molar-refractivity contribution in [3.05, 3.63) is 29.8 Å². The molecule has 0 unspecified atom stereocenters. The van der Waals surface area contributed by atoms with Crippen molar-refractivity contribution in [2.24, 2.45) is 5.92 Å². The van der Waals surface area contributed by atoms with E-state index in [9.17, 15) is 14.7 Å². The van der Waals surface area contributed by atoms with Crippen molar-refractivity contribution in [1.29, 1.82) is 0 Å². The van der Waals surface area contributed by atoms with Gasteiger partial charge in [-0.1, -0.05) is 12.1 Å². The van der Waals surface area contributed by atoms with E-state index in [4.69, 9.17) is 14.7 Å². The fourth-order valence-corrected chi connectivity index (χ4v) is 4.64. The second-order valence-electron chi connectivity index (χ2n) is 9.12. The van der Waals surface area contributed by atoms with Gasteiger partial charge in [0.15, 0.2) is 0 Å². The molecule has 2 aliphatic heterocycles. The summed E-state index contributed by atoms with van der Waals surface area (Å²) in [6.07, 6.45) is 0.0865. The third-order valence-electron chi connectivity index (χ3n) is 6.81. The van der Waals surface area contributed by atoms with Gasteiger partial charge in [0, 0.05) is 52.4 Å². The van der Waals surface area contributed by atoms with Gasteiger partial charge in [-0.05, 0) is 43.9 Å². The van der Waals surface area contributed by atoms with E-state index in [1.165, 1.54) is 5.48 Å². The number of hydrogen-bond donors (Lipinski definition) is 3. The molecule has 10 heteroatoms. The lowest BCUT2D eigenvalue weighted by Gasteiger charge is -2.38. The Hall–Kier alpha value is -2.24. The molecule has 0 saturated carbocycles. The Bertz CT molecular complexity index is 779. The van der Waals surface area contributed by atoms with Crippen LogP contribution in [0.5, 0.6) is 5.75 Å². The molecule has 1 aromatic carbocycles. The standard InChI is InChI=1S/C25H40N4O6/c1-2-35-21-8-6-20(7-9-21)4-3-5-22(23(30)24(31)26-33)25(32)29-14-12-27(13-15-29)10-11-28-16-18-34-19-17-28/h6-9,22-23,30,33H,2-5,10-19H2,1H3,(H,26,31)/t22-,23+/m1/s1. The van der Waals surface area contributed by atoms with E-state index < -0.39 is 17.9 Å². The first-order valence-electron chi connectivity index (χ1n) is 12.7. The zero-order valence-corrected chi connectivity index (χ0v) is 20.7. The van der Waals surface area contributed by atoms with Crippen LogP contribution in [-0.2, 0) is 20.7 Å². The third kappa shape index (κ3) is 8.43. The van der Waals surface area contributed by atoms with Crippen LogP contribution in [0, 0.1) is 5.92 Å². The number of piperazine rings is 1. The molecular formula is C25H40N4O6. The quantitative estimate of drug-likeness (QED) is 0.283. The highest BCUT2D eigenvalue weighted by molar-refractivity contribution is 5.88. The molecule has 3 rings (SSSR count). The van der Waals surface area contributed by atoms with E-state index in [1.54, 1.807) is 4.90 Å². The number of amides is 2. The Morgan fingerprint density at radius 3 is 2.26 bits per heavy atom. The minimum atomic E-state index is -1.59. The molecule has 0 spiro atoms. The maximum atomic E-state index is 13.3. The van der Waals surface area contributed by atoms with Crippen molar-refractivity contribution in [3.8, 4) is 5.75 Å². The Morgan fingerprint density at radius 1 is 1.03 bits per heavy atom. The highest BCUT2D eigenvalue weighted by Gasteiger charge is 2.35. The number of nitrogens with zero attached hydrogens (tertiary/aromatic N) is 3. The Morgan fingerprint density at radius 2 is 1.66 bits per heavy atom. The van der Waals surface area contributed by atoms with Gasteiger partial charge in [0.05, 0.1) is 25.7 Å². The maximum absolute atomic E-state index is 13.3. The van der Waals surface area contributed by atoms with E-state index in [-0.39, 0.29) is 5.91 Å². The number of aryl methyl sites for hydroxylation is 1. The summed E-state index contributed by atoms with van der Waals surface area (Å²) in [5.41, 5.74) is 2.58. The van der Waals surface area contributed by atoms with Crippen molar-refractivity contribution in [2.45, 2.75) is 32.3 Å². The Kier molecular flexibility index (Phi) is 11.2. The summed E-state index contributed by atoms with van der Waals surface area (Å²) in [6.45, 7) is 10.6. The number of benzene rings is 1. The fourth-order valence-electron chi connectivity index (χ4n) is 4.64. The smallest absolute Gasteiger partial charge is 0.272 e. The molecule has 2 saturated heterocycles. The van der Waals surface area contributed by atoms with Gasteiger partial charge in [0.25, 0.3) is 5.91 Å². The monoisotopic (exact) mass is 492 g/mol. The van der Waals surface area contributed by atoms with E-state index in [1.807, 2.05) is 31.2 Å². The normalized spacial score (nSPS) is 19.2. The highest BCUT2D eigenvalue weighted by Crippen LogP contribution is 2.20. The minimum Gasteiger partial charge on any atom is -0.494 e. The molecule has 0 radical (unpaired) electrons. The number of nitrogens with one attached hydrogen (secondary N) is 1. The first kappa shape index (κ1) is 27.3. The molecule has 0 aromatic heterocycles. The molecule has 35 heavy (non-hydrogen) atoms. The van der Waals surface area contributed by atoms with Crippen molar-refractivity contribution in [2.75, 3.05) is 72.2 Å². The van der Waals surface area contributed by atoms with Crippen molar-refractivity contribution in [1.82, 2.24) is 20.2 Å². The molecule has 2 heterocycles. The highest BCUT2D eigenvalue weighted by atomic mass is 16.5. The zero-order valence-electron chi connectivity index (χ0n) is 20.7. The number of morpholine rings is 1. The molecule has 1 aromatic rings. The number of carbonyl (C=O) groups is 2. The topological polar surface area (TPSA) is 115 Å². The number of ether oxygens (including phenoxy) is 2. The van der Waals surface area contributed by atoms with Gasteiger partial charge in [-0.25, -0.2) is 5.48 Å². The summed E-state index contributed by atoms with van der Waals surface area (Å²) in [5.74, 6) is -1.28. The first-order chi connectivity index (χ1) is 17.0. The largest absolute Gasteiger partial charge is 0.494 e. The van der Waals surface area contributed by atoms with Gasteiger partial charge in [-0.15, -0.1) is 0 Å². The number of rotatable bonds is 12. The maximum Gasteiger partial charge on any atom is 0.272 e. The summed E-state index contributed by atoms with van der Waals surface area (Å²) in [4.78, 5) is 31.7. The van der Waals surface area contributed by atoms with Gasteiger partial charge < -0.3 is 19.5 Å². The Labute approximate surface area is 207 Å². The average molecular weight is 493 g/mol. The van der Waals surface area contributed by atoms with Crippen LogP contribution < -0.4 is 10.2 Å². The summed E-state index contributed by atoms with van der Waals surface area (Å²) in [5, 5.41) is 19.5. The summed E-state index contributed by atoms with van der Waals surface area (Å²) in [7, 11) is 0. The molecular weight excluding hydrogens is 452 g/mol. The molecule has 10 nitrogen and oxygen atoms in total. The fraction of sp³-hybridized carbons (Fsp3) is 0.680. The van der Waals surface area contributed by atoms with Crippen molar-refractivity contribution in [3.63, 3.8) is 0 Å². The van der Waals surface area contributed by atoms with E-state index in [2.05, 4.69) is 9.80 Å². The van der Waals surface area contributed by atoms with Crippen LogP contribution in [0.1, 0.15) is 25.3 Å².